The fourth-order valence-electron chi connectivity index (χ4n) is 7.06. The average Bonchev–Trinajstić information content (AvgIpc) is 3.68. The molecule has 0 radical (unpaired) electrons. The molecular weight excluding hydrogens is 676 g/mol. The molecule has 50 heavy (non-hydrogen) atoms. The Morgan fingerprint density at radius 2 is 1.82 bits per heavy atom. The van der Waals surface area contributed by atoms with Crippen LogP contribution in [0.15, 0.2) is 42.5 Å². The zero-order valence-electron chi connectivity index (χ0n) is 31.6. The number of nitrogens with zero attached hydrogens (tertiary/aromatic N) is 6. The standard InChI is InChI=1S/C37H41ClN6O5S/c1-20-17-26-33(29(21-7-9-23(38)10-8-21)28(20)32(35(45)46)49-37(2,3)4)50-34(40-26)25-11-12-27-31(39-25)30(41-42(27)5)22-13-15-43(16-14-22)24-18-44(19-24)36(47)48-6/h7-12,17,22,24,32H,13-16,18-19H2,1-6H3,(H,45,46)/i5D3. The van der Waals surface area contributed by atoms with E-state index in [4.69, 9.17) is 35.2 Å². The highest BCUT2D eigenvalue weighted by molar-refractivity contribution is 7.22. The lowest BCUT2D eigenvalue weighted by Gasteiger charge is -2.46. The van der Waals surface area contributed by atoms with E-state index in [1.165, 1.54) is 18.4 Å². The molecule has 7 rings (SSSR count). The van der Waals surface area contributed by atoms with Crippen molar-refractivity contribution in [3.05, 3.63) is 64.3 Å². The minimum absolute atomic E-state index is 0.00950. The second kappa shape index (κ2) is 13.2. The molecule has 2 aliphatic heterocycles. The number of pyridine rings is 1. The van der Waals surface area contributed by atoms with E-state index in [-0.39, 0.29) is 18.1 Å². The molecule has 2 aromatic carbocycles. The third-order valence-corrected chi connectivity index (χ3v) is 10.9. The summed E-state index contributed by atoms with van der Waals surface area (Å²) in [7, 11) is 1.39. The summed E-state index contributed by atoms with van der Waals surface area (Å²) in [5, 5.41) is 16.3. The van der Waals surface area contributed by atoms with Crippen molar-refractivity contribution >= 4 is 56.3 Å². The molecule has 0 aliphatic carbocycles. The van der Waals surface area contributed by atoms with Gasteiger partial charge in [0.2, 0.25) is 0 Å². The molecule has 1 N–H and O–H groups in total. The highest BCUT2D eigenvalue weighted by Gasteiger charge is 2.38. The molecule has 0 bridgehead atoms. The monoisotopic (exact) mass is 719 g/mol. The summed E-state index contributed by atoms with van der Waals surface area (Å²) in [6.07, 6.45) is -0.0320. The molecule has 11 nitrogen and oxygen atoms in total. The number of aromatic nitrogens is 4. The van der Waals surface area contributed by atoms with Crippen molar-refractivity contribution in [2.75, 3.05) is 33.3 Å². The van der Waals surface area contributed by atoms with Gasteiger partial charge < -0.3 is 19.5 Å². The van der Waals surface area contributed by atoms with E-state index < -0.39 is 24.7 Å². The SMILES string of the molecule is [2H]C([2H])([2H])n1nc(C2CCN(C3CN(C(=O)OC)C3)CC2)c2nc(-c3nc4cc(C)c(C(OC(C)(C)C)C(=O)O)c(-c5ccc(Cl)cc5)c4s3)ccc21. The van der Waals surface area contributed by atoms with Crippen LogP contribution in [0.2, 0.25) is 5.02 Å². The van der Waals surface area contributed by atoms with Crippen molar-refractivity contribution in [1.82, 2.24) is 29.5 Å². The predicted molar refractivity (Wildman–Crippen MR) is 195 cm³/mol. The van der Waals surface area contributed by atoms with E-state index >= 15 is 0 Å². The van der Waals surface area contributed by atoms with Gasteiger partial charge >= 0.3 is 12.1 Å². The molecule has 2 saturated heterocycles. The molecule has 3 aromatic heterocycles. The number of carboxylic acid groups (broad SMARTS) is 1. The van der Waals surface area contributed by atoms with Gasteiger partial charge in [-0.2, -0.15) is 5.10 Å². The van der Waals surface area contributed by atoms with Gasteiger partial charge in [-0.05, 0) is 95.1 Å². The molecule has 5 heterocycles. The van der Waals surface area contributed by atoms with Gasteiger partial charge in [0.15, 0.2) is 6.10 Å². The number of aliphatic carboxylic acids is 1. The first-order chi connectivity index (χ1) is 25.0. The molecule has 2 fully saturated rings. The maximum Gasteiger partial charge on any atom is 0.409 e. The van der Waals surface area contributed by atoms with Crippen LogP contribution in [0.4, 0.5) is 4.79 Å². The van der Waals surface area contributed by atoms with E-state index in [1.54, 1.807) is 29.2 Å². The first kappa shape index (κ1) is 30.7. The van der Waals surface area contributed by atoms with Crippen molar-refractivity contribution < 1.29 is 28.3 Å². The number of fused-ring (bicyclic) bond motifs is 2. The number of rotatable bonds is 7. The first-order valence-electron chi connectivity index (χ1n) is 18.1. The number of benzene rings is 2. The number of halogens is 1. The number of carboxylic acids is 1. The Labute approximate surface area is 304 Å². The number of likely N-dealkylation sites (tertiary alicyclic amines) is 2. The van der Waals surface area contributed by atoms with Crippen LogP contribution in [-0.4, -0.2) is 91.6 Å². The second-order valence-electron chi connectivity index (χ2n) is 14.0. The van der Waals surface area contributed by atoms with Gasteiger partial charge in [0.05, 0.1) is 39.8 Å². The van der Waals surface area contributed by atoms with Crippen LogP contribution in [0, 0.1) is 6.92 Å². The number of aryl methyl sites for hydroxylation is 2. The summed E-state index contributed by atoms with van der Waals surface area (Å²) in [6.45, 7) is 7.66. The van der Waals surface area contributed by atoms with E-state index in [2.05, 4.69) is 10.00 Å². The smallest absolute Gasteiger partial charge is 0.409 e. The topological polar surface area (TPSA) is 123 Å². The third kappa shape index (κ3) is 6.45. The Balaban J connectivity index is 1.29. The molecule has 1 atom stereocenters. The van der Waals surface area contributed by atoms with E-state index in [9.17, 15) is 14.7 Å². The van der Waals surface area contributed by atoms with Gasteiger partial charge in [-0.3, -0.25) is 9.58 Å². The second-order valence-corrected chi connectivity index (χ2v) is 15.4. The molecule has 5 aromatic rings. The molecule has 13 heteroatoms. The van der Waals surface area contributed by atoms with Gasteiger partial charge in [0, 0.05) is 52.3 Å². The van der Waals surface area contributed by atoms with Gasteiger partial charge in [0.25, 0.3) is 0 Å². The number of carbonyl (C=O) groups is 2. The third-order valence-electron chi connectivity index (χ3n) is 9.52. The molecule has 262 valence electrons. The molecule has 0 spiro atoms. The summed E-state index contributed by atoms with van der Waals surface area (Å²) in [5.41, 5.74) is 4.80. The van der Waals surface area contributed by atoms with Crippen molar-refractivity contribution in [2.24, 2.45) is 6.98 Å². The Bertz CT molecular complexity index is 2200. The van der Waals surface area contributed by atoms with Gasteiger partial charge in [-0.25, -0.2) is 19.6 Å². The first-order valence-corrected chi connectivity index (χ1v) is 17.8. The van der Waals surface area contributed by atoms with Crippen LogP contribution < -0.4 is 0 Å². The van der Waals surface area contributed by atoms with Crippen LogP contribution in [-0.2, 0) is 21.2 Å². The Morgan fingerprint density at radius 1 is 1.10 bits per heavy atom. The lowest BCUT2D eigenvalue weighted by Crippen LogP contribution is -2.62. The van der Waals surface area contributed by atoms with Crippen LogP contribution >= 0.6 is 22.9 Å². The Morgan fingerprint density at radius 3 is 2.46 bits per heavy atom. The number of carbonyl (C=O) groups excluding carboxylic acids is 1. The molecule has 0 saturated carbocycles. The van der Waals surface area contributed by atoms with E-state index in [0.717, 1.165) is 40.9 Å². The lowest BCUT2D eigenvalue weighted by molar-refractivity contribution is -0.160. The predicted octanol–water partition coefficient (Wildman–Crippen LogP) is 7.44. The van der Waals surface area contributed by atoms with Crippen molar-refractivity contribution in [2.45, 2.75) is 64.2 Å². The number of hydrogen-bond acceptors (Lipinski definition) is 9. The average molecular weight is 720 g/mol. The van der Waals surface area contributed by atoms with Gasteiger partial charge in [-0.1, -0.05) is 23.7 Å². The number of thiazole rings is 1. The molecule has 2 aliphatic rings. The van der Waals surface area contributed by atoms with Crippen LogP contribution in [0.1, 0.15) is 66.6 Å². The molecule has 1 unspecified atom stereocenters. The molecule has 1 amide bonds. The fourth-order valence-corrected chi connectivity index (χ4v) is 8.29. The zero-order valence-corrected chi connectivity index (χ0v) is 30.1. The van der Waals surface area contributed by atoms with Gasteiger partial charge in [-0.15, -0.1) is 11.3 Å². The number of hydrogen-bond donors (Lipinski definition) is 1. The van der Waals surface area contributed by atoms with Crippen LogP contribution in [0.5, 0.6) is 0 Å². The number of methoxy groups -OCH3 is 1. The Hall–Kier alpha value is -4.10. The summed E-state index contributed by atoms with van der Waals surface area (Å²) in [5.74, 6) is -1.11. The minimum Gasteiger partial charge on any atom is -0.479 e. The molecular formula is C37H41ClN6O5S. The van der Waals surface area contributed by atoms with Gasteiger partial charge in [0.1, 0.15) is 10.5 Å². The number of amides is 1. The zero-order chi connectivity index (χ0) is 38.0. The summed E-state index contributed by atoms with van der Waals surface area (Å²) in [4.78, 5) is 38.7. The summed E-state index contributed by atoms with van der Waals surface area (Å²) < 4.78 is 37.5. The summed E-state index contributed by atoms with van der Waals surface area (Å²) >= 11 is 7.66. The largest absolute Gasteiger partial charge is 0.479 e. The lowest BCUT2D eigenvalue weighted by atomic mass is 9.91. The quantitative estimate of drug-likeness (QED) is 0.183. The van der Waals surface area contributed by atoms with Crippen LogP contribution in [0.3, 0.4) is 0 Å². The fraction of sp³-hybridized carbons (Fsp3) is 0.432. The maximum absolute atomic E-state index is 12.8. The number of piperidine rings is 1. The van der Waals surface area contributed by atoms with Crippen LogP contribution in [0.25, 0.3) is 43.1 Å². The highest BCUT2D eigenvalue weighted by Crippen LogP contribution is 2.44. The van der Waals surface area contributed by atoms with Crippen molar-refractivity contribution in [1.29, 1.82) is 0 Å². The van der Waals surface area contributed by atoms with Crippen molar-refractivity contribution in [3.63, 3.8) is 0 Å². The van der Waals surface area contributed by atoms with Crippen molar-refractivity contribution in [3.8, 4) is 21.8 Å². The normalized spacial score (nSPS) is 18.1. The highest BCUT2D eigenvalue weighted by atomic mass is 35.5. The summed E-state index contributed by atoms with van der Waals surface area (Å²) in [6, 6.07) is 12.9. The Kier molecular flexibility index (Phi) is 8.12. The van der Waals surface area contributed by atoms with E-state index in [1.807, 2.05) is 45.9 Å². The maximum atomic E-state index is 12.8. The minimum atomic E-state index is -2.50. The van der Waals surface area contributed by atoms with E-state index in [0.29, 0.717) is 67.7 Å². The number of ether oxygens (including phenoxy) is 2.